The fourth-order valence-corrected chi connectivity index (χ4v) is 1.47. The molecule has 0 saturated heterocycles. The van der Waals surface area contributed by atoms with Gasteiger partial charge in [-0.2, -0.15) is 0 Å². The van der Waals surface area contributed by atoms with E-state index in [-0.39, 0.29) is 17.7 Å². The van der Waals surface area contributed by atoms with E-state index >= 15 is 0 Å². The molecule has 1 rings (SSSR count). The largest absolute Gasteiger partial charge is 0.465 e. The molecule has 0 atom stereocenters. The predicted octanol–water partition coefficient (Wildman–Crippen LogP) is 1.54. The van der Waals surface area contributed by atoms with Crippen molar-refractivity contribution in [1.29, 1.82) is 0 Å². The number of esters is 2. The highest BCUT2D eigenvalue weighted by Crippen LogP contribution is 2.22. The van der Waals surface area contributed by atoms with E-state index in [1.54, 1.807) is 19.9 Å². The molecule has 5 heteroatoms. The number of ether oxygens (including phenoxy) is 2. The van der Waals surface area contributed by atoms with Crippen LogP contribution < -0.4 is 5.73 Å². The summed E-state index contributed by atoms with van der Waals surface area (Å²) in [7, 11) is 1.25. The summed E-state index contributed by atoms with van der Waals surface area (Å²) in [4.78, 5) is 23.3. The molecule has 0 heterocycles. The maximum Gasteiger partial charge on any atom is 0.339 e. The molecule has 1 aromatic carbocycles. The van der Waals surface area contributed by atoms with Crippen LogP contribution in [0.1, 0.15) is 33.2 Å². The highest BCUT2D eigenvalue weighted by atomic mass is 16.5. The molecule has 0 spiro atoms. The molecule has 0 aromatic heterocycles. The van der Waals surface area contributed by atoms with E-state index in [9.17, 15) is 9.59 Å². The second-order valence-corrected chi connectivity index (χ2v) is 3.41. The summed E-state index contributed by atoms with van der Waals surface area (Å²) in [6, 6.07) is 3.03. The second kappa shape index (κ2) is 5.34. The average Bonchev–Trinajstić information content (AvgIpc) is 2.31. The van der Waals surface area contributed by atoms with E-state index in [4.69, 9.17) is 10.5 Å². The van der Waals surface area contributed by atoms with E-state index < -0.39 is 11.9 Å². The molecule has 0 unspecified atom stereocenters. The van der Waals surface area contributed by atoms with Gasteiger partial charge in [-0.25, -0.2) is 9.59 Å². The molecule has 0 amide bonds. The van der Waals surface area contributed by atoms with E-state index in [1.807, 2.05) is 0 Å². The summed E-state index contributed by atoms with van der Waals surface area (Å²) in [6.07, 6.45) is 0. The number of rotatable bonds is 3. The molecule has 0 aliphatic rings. The number of carbonyl (C=O) groups is 2. The SMILES string of the molecule is CCOC(=O)c1ccc(N)c(C)c1C(=O)OC. The van der Waals surface area contributed by atoms with Gasteiger partial charge in [-0.3, -0.25) is 0 Å². The first kappa shape index (κ1) is 13.0. The van der Waals surface area contributed by atoms with Crippen molar-refractivity contribution >= 4 is 17.6 Å². The Bertz CT molecular complexity index is 454. The van der Waals surface area contributed by atoms with Crippen LogP contribution in [0, 0.1) is 6.92 Å². The fraction of sp³-hybridized carbons (Fsp3) is 0.333. The minimum atomic E-state index is -0.599. The van der Waals surface area contributed by atoms with Gasteiger partial charge in [-0.15, -0.1) is 0 Å². The van der Waals surface area contributed by atoms with Crippen LogP contribution in [0.2, 0.25) is 0 Å². The number of carbonyl (C=O) groups excluding carboxylic acids is 2. The molecule has 0 radical (unpaired) electrons. The van der Waals surface area contributed by atoms with Gasteiger partial charge >= 0.3 is 11.9 Å². The van der Waals surface area contributed by atoms with Crippen LogP contribution in [0.5, 0.6) is 0 Å². The van der Waals surface area contributed by atoms with Gasteiger partial charge in [0.2, 0.25) is 0 Å². The number of anilines is 1. The van der Waals surface area contributed by atoms with Crippen molar-refractivity contribution in [2.24, 2.45) is 0 Å². The molecule has 0 aliphatic heterocycles. The van der Waals surface area contributed by atoms with Gasteiger partial charge < -0.3 is 15.2 Å². The lowest BCUT2D eigenvalue weighted by atomic mass is 10.0. The normalized spacial score (nSPS) is 9.82. The van der Waals surface area contributed by atoms with Gasteiger partial charge in [0.1, 0.15) is 0 Å². The fourth-order valence-electron chi connectivity index (χ4n) is 1.47. The molecule has 92 valence electrons. The Labute approximate surface area is 99.5 Å². The number of nitrogen functional groups attached to an aromatic ring is 1. The summed E-state index contributed by atoms with van der Waals surface area (Å²) in [5, 5.41) is 0. The lowest BCUT2D eigenvalue weighted by Crippen LogP contribution is -2.15. The van der Waals surface area contributed by atoms with Gasteiger partial charge in [-0.05, 0) is 31.5 Å². The number of methoxy groups -OCH3 is 1. The van der Waals surface area contributed by atoms with Crippen LogP contribution >= 0.6 is 0 Å². The first-order chi connectivity index (χ1) is 8.02. The lowest BCUT2D eigenvalue weighted by Gasteiger charge is -2.11. The van der Waals surface area contributed by atoms with Crippen LogP contribution in [0.25, 0.3) is 0 Å². The maximum atomic E-state index is 11.7. The molecular formula is C12H15NO4. The number of benzene rings is 1. The zero-order valence-electron chi connectivity index (χ0n) is 10.1. The summed E-state index contributed by atoms with van der Waals surface area (Å²) in [5.74, 6) is -1.16. The van der Waals surface area contributed by atoms with Crippen LogP contribution in [-0.2, 0) is 9.47 Å². The van der Waals surface area contributed by atoms with Gasteiger partial charge in [0.15, 0.2) is 0 Å². The van der Waals surface area contributed by atoms with E-state index in [0.717, 1.165) is 0 Å². The Morgan fingerprint density at radius 3 is 2.47 bits per heavy atom. The van der Waals surface area contributed by atoms with Gasteiger partial charge in [-0.1, -0.05) is 0 Å². The summed E-state index contributed by atoms with van der Waals surface area (Å²) in [5.41, 5.74) is 6.97. The predicted molar refractivity (Wildman–Crippen MR) is 62.9 cm³/mol. The maximum absolute atomic E-state index is 11.7. The summed E-state index contributed by atoms with van der Waals surface area (Å²) < 4.78 is 9.51. The van der Waals surface area contributed by atoms with E-state index in [1.165, 1.54) is 13.2 Å². The zero-order valence-corrected chi connectivity index (χ0v) is 10.1. The minimum absolute atomic E-state index is 0.158. The monoisotopic (exact) mass is 237 g/mol. The Balaban J connectivity index is 3.35. The topological polar surface area (TPSA) is 78.6 Å². The van der Waals surface area contributed by atoms with E-state index in [2.05, 4.69) is 4.74 Å². The summed E-state index contributed by atoms with van der Waals surface area (Å²) >= 11 is 0. The Morgan fingerprint density at radius 2 is 1.94 bits per heavy atom. The lowest BCUT2D eigenvalue weighted by molar-refractivity contribution is 0.0503. The quantitative estimate of drug-likeness (QED) is 0.637. The van der Waals surface area contributed by atoms with Crippen molar-refractivity contribution in [3.8, 4) is 0 Å². The van der Waals surface area contributed by atoms with Crippen molar-refractivity contribution in [1.82, 2.24) is 0 Å². The van der Waals surface area contributed by atoms with Crippen molar-refractivity contribution in [3.63, 3.8) is 0 Å². The van der Waals surface area contributed by atoms with Crippen LogP contribution in [0.3, 0.4) is 0 Å². The highest BCUT2D eigenvalue weighted by Gasteiger charge is 2.22. The van der Waals surface area contributed by atoms with Crippen molar-refractivity contribution in [2.75, 3.05) is 19.5 Å². The number of nitrogens with two attached hydrogens (primary N) is 1. The Hall–Kier alpha value is -2.04. The van der Waals surface area contributed by atoms with Gasteiger partial charge in [0.25, 0.3) is 0 Å². The molecule has 1 aromatic rings. The van der Waals surface area contributed by atoms with Crippen LogP contribution in [-0.4, -0.2) is 25.7 Å². The standard InChI is InChI=1S/C12H15NO4/c1-4-17-11(14)8-5-6-9(13)7(2)10(8)12(15)16-3/h5-6H,4,13H2,1-3H3. The van der Waals surface area contributed by atoms with Crippen molar-refractivity contribution in [3.05, 3.63) is 28.8 Å². The molecule has 0 aliphatic carbocycles. The first-order valence-corrected chi connectivity index (χ1v) is 5.17. The molecule has 17 heavy (non-hydrogen) atoms. The Morgan fingerprint density at radius 1 is 1.29 bits per heavy atom. The molecule has 0 fully saturated rings. The zero-order chi connectivity index (χ0) is 13.0. The van der Waals surface area contributed by atoms with Gasteiger partial charge in [0.05, 0.1) is 24.8 Å². The summed E-state index contributed by atoms with van der Waals surface area (Å²) in [6.45, 7) is 3.59. The van der Waals surface area contributed by atoms with Crippen LogP contribution in [0.15, 0.2) is 12.1 Å². The number of hydrogen-bond donors (Lipinski definition) is 1. The third-order valence-electron chi connectivity index (χ3n) is 2.39. The van der Waals surface area contributed by atoms with Crippen molar-refractivity contribution in [2.45, 2.75) is 13.8 Å². The second-order valence-electron chi connectivity index (χ2n) is 3.41. The Kier molecular flexibility index (Phi) is 4.09. The number of hydrogen-bond acceptors (Lipinski definition) is 5. The third kappa shape index (κ3) is 2.55. The molecule has 2 N–H and O–H groups in total. The van der Waals surface area contributed by atoms with Crippen molar-refractivity contribution < 1.29 is 19.1 Å². The van der Waals surface area contributed by atoms with Gasteiger partial charge in [0, 0.05) is 5.69 Å². The molecular weight excluding hydrogens is 222 g/mol. The minimum Gasteiger partial charge on any atom is -0.465 e. The molecule has 0 saturated carbocycles. The smallest absolute Gasteiger partial charge is 0.339 e. The first-order valence-electron chi connectivity index (χ1n) is 5.17. The highest BCUT2D eigenvalue weighted by molar-refractivity contribution is 6.05. The average molecular weight is 237 g/mol. The van der Waals surface area contributed by atoms with Crippen LogP contribution in [0.4, 0.5) is 5.69 Å². The molecule has 5 nitrogen and oxygen atoms in total. The molecule has 0 bridgehead atoms. The third-order valence-corrected chi connectivity index (χ3v) is 2.39. The van der Waals surface area contributed by atoms with E-state index in [0.29, 0.717) is 11.3 Å².